The summed E-state index contributed by atoms with van der Waals surface area (Å²) in [5.41, 5.74) is 2.54. The third-order valence-electron chi connectivity index (χ3n) is 2.77. The molecule has 0 saturated carbocycles. The second-order valence-electron chi connectivity index (χ2n) is 4.19. The number of benzene rings is 1. The maximum atomic E-state index is 5.22. The Labute approximate surface area is 116 Å². The predicted molar refractivity (Wildman–Crippen MR) is 77.0 cm³/mol. The molecule has 0 amide bonds. The zero-order chi connectivity index (χ0) is 13.0. The molecule has 1 N–H and O–H groups in total. The van der Waals surface area contributed by atoms with Crippen LogP contribution in [0.3, 0.4) is 0 Å². The lowest BCUT2D eigenvalue weighted by Crippen LogP contribution is -2.04. The van der Waals surface area contributed by atoms with Crippen LogP contribution in [-0.2, 0) is 13.1 Å². The lowest BCUT2D eigenvalue weighted by Gasteiger charge is -2.07. The molecule has 0 unspecified atom stereocenters. The Bertz CT molecular complexity index is 522. The van der Waals surface area contributed by atoms with Crippen molar-refractivity contribution in [1.29, 1.82) is 0 Å². The van der Waals surface area contributed by atoms with E-state index < -0.39 is 0 Å². The smallest absolute Gasteiger partial charge is 0.133 e. The van der Waals surface area contributed by atoms with Crippen molar-refractivity contribution in [2.75, 3.05) is 14.2 Å². The summed E-state index contributed by atoms with van der Waals surface area (Å²) in [6.45, 7) is 1.77. The second-order valence-corrected chi connectivity index (χ2v) is 5.05. The first-order valence-corrected chi connectivity index (χ1v) is 6.64. The van der Waals surface area contributed by atoms with E-state index in [-0.39, 0.29) is 0 Å². The van der Waals surface area contributed by atoms with Crippen molar-refractivity contribution in [3.8, 4) is 5.75 Å². The van der Waals surface area contributed by atoms with Crippen molar-refractivity contribution >= 4 is 15.9 Å². The molecule has 0 aliphatic carbocycles. The van der Waals surface area contributed by atoms with Gasteiger partial charge in [-0.25, -0.2) is 0 Å². The Morgan fingerprint density at radius 1 is 1.28 bits per heavy atom. The fraction of sp³-hybridized carbons (Fsp3) is 0.286. The van der Waals surface area contributed by atoms with Gasteiger partial charge in [-0.2, -0.15) is 0 Å². The maximum Gasteiger partial charge on any atom is 0.133 e. The molecule has 3 nitrogen and oxygen atoms in total. The van der Waals surface area contributed by atoms with Crippen molar-refractivity contribution in [3.63, 3.8) is 0 Å². The summed E-state index contributed by atoms with van der Waals surface area (Å²) in [4.78, 5) is 0. The standard InChI is InChI=1S/C14H17BrN2O/c1-16-8-12-5-6-17(10-12)9-11-3-4-14(18-2)13(15)7-11/h3-7,10,16H,8-9H2,1-2H3. The van der Waals surface area contributed by atoms with Gasteiger partial charge in [0.1, 0.15) is 5.75 Å². The van der Waals surface area contributed by atoms with Gasteiger partial charge in [0.15, 0.2) is 0 Å². The SMILES string of the molecule is CNCc1ccn(Cc2ccc(OC)c(Br)c2)c1. The van der Waals surface area contributed by atoms with Crippen LogP contribution < -0.4 is 10.1 Å². The number of hydrogen-bond donors (Lipinski definition) is 1. The van der Waals surface area contributed by atoms with Crippen LogP contribution in [-0.4, -0.2) is 18.7 Å². The molecule has 4 heteroatoms. The van der Waals surface area contributed by atoms with Gasteiger partial charge in [0.2, 0.25) is 0 Å². The maximum absolute atomic E-state index is 5.22. The summed E-state index contributed by atoms with van der Waals surface area (Å²) < 4.78 is 8.40. The highest BCUT2D eigenvalue weighted by Gasteiger charge is 2.02. The van der Waals surface area contributed by atoms with Crippen molar-refractivity contribution < 1.29 is 4.74 Å². The zero-order valence-electron chi connectivity index (χ0n) is 10.6. The van der Waals surface area contributed by atoms with Crippen LogP contribution in [0.5, 0.6) is 5.75 Å². The summed E-state index contributed by atoms with van der Waals surface area (Å²) in [5, 5.41) is 3.15. The van der Waals surface area contributed by atoms with Crippen LogP contribution in [0.2, 0.25) is 0 Å². The second kappa shape index (κ2) is 6.07. The van der Waals surface area contributed by atoms with Gasteiger partial charge in [0.25, 0.3) is 0 Å². The first-order chi connectivity index (χ1) is 8.72. The number of nitrogens with one attached hydrogen (secondary N) is 1. The van der Waals surface area contributed by atoms with Crippen LogP contribution in [0.25, 0.3) is 0 Å². The molecule has 2 rings (SSSR count). The van der Waals surface area contributed by atoms with Crippen LogP contribution >= 0.6 is 15.9 Å². The first kappa shape index (κ1) is 13.2. The topological polar surface area (TPSA) is 26.2 Å². The van der Waals surface area contributed by atoms with Gasteiger partial charge in [-0.1, -0.05) is 6.07 Å². The molecule has 0 aliphatic heterocycles. The summed E-state index contributed by atoms with van der Waals surface area (Å²) in [7, 11) is 3.63. The number of nitrogens with zero attached hydrogens (tertiary/aromatic N) is 1. The minimum absolute atomic E-state index is 0.863. The number of methoxy groups -OCH3 is 1. The average Bonchev–Trinajstić information content (AvgIpc) is 2.77. The van der Waals surface area contributed by atoms with E-state index >= 15 is 0 Å². The van der Waals surface area contributed by atoms with Crippen molar-refractivity contribution in [3.05, 3.63) is 52.3 Å². The van der Waals surface area contributed by atoms with E-state index in [2.05, 4.69) is 56.4 Å². The lowest BCUT2D eigenvalue weighted by atomic mass is 10.2. The van der Waals surface area contributed by atoms with E-state index in [9.17, 15) is 0 Å². The molecule has 0 spiro atoms. The number of halogens is 1. The monoisotopic (exact) mass is 308 g/mol. The summed E-state index contributed by atoms with van der Waals surface area (Å²) in [6.07, 6.45) is 4.26. The van der Waals surface area contributed by atoms with E-state index in [0.29, 0.717) is 0 Å². The number of ether oxygens (including phenoxy) is 1. The first-order valence-electron chi connectivity index (χ1n) is 5.84. The van der Waals surface area contributed by atoms with Gasteiger partial charge in [0.05, 0.1) is 11.6 Å². The van der Waals surface area contributed by atoms with E-state index in [1.54, 1.807) is 7.11 Å². The van der Waals surface area contributed by atoms with Gasteiger partial charge >= 0.3 is 0 Å². The van der Waals surface area contributed by atoms with E-state index in [0.717, 1.165) is 23.3 Å². The largest absolute Gasteiger partial charge is 0.496 e. The summed E-state index contributed by atoms with van der Waals surface area (Å²) >= 11 is 3.51. The molecule has 0 aliphatic rings. The van der Waals surface area contributed by atoms with E-state index in [4.69, 9.17) is 4.74 Å². The molecule has 0 bridgehead atoms. The molecule has 2 aromatic rings. The van der Waals surface area contributed by atoms with Gasteiger partial charge < -0.3 is 14.6 Å². The summed E-state index contributed by atoms with van der Waals surface area (Å²) in [5.74, 6) is 0.863. The molecule has 1 aromatic heterocycles. The minimum Gasteiger partial charge on any atom is -0.496 e. The normalized spacial score (nSPS) is 10.6. The Kier molecular flexibility index (Phi) is 4.44. The molecule has 0 fully saturated rings. The quantitative estimate of drug-likeness (QED) is 0.919. The average molecular weight is 309 g/mol. The third kappa shape index (κ3) is 3.15. The highest BCUT2D eigenvalue weighted by Crippen LogP contribution is 2.25. The number of aromatic nitrogens is 1. The number of rotatable bonds is 5. The fourth-order valence-corrected chi connectivity index (χ4v) is 2.50. The van der Waals surface area contributed by atoms with E-state index in [1.807, 2.05) is 13.1 Å². The Morgan fingerprint density at radius 3 is 2.78 bits per heavy atom. The third-order valence-corrected chi connectivity index (χ3v) is 3.39. The summed E-state index contributed by atoms with van der Waals surface area (Å²) in [6, 6.07) is 8.30. The fourth-order valence-electron chi connectivity index (χ4n) is 1.92. The molecular formula is C14H17BrN2O. The van der Waals surface area contributed by atoms with Crippen LogP contribution in [0.1, 0.15) is 11.1 Å². The zero-order valence-corrected chi connectivity index (χ0v) is 12.2. The molecule has 1 aromatic carbocycles. The van der Waals surface area contributed by atoms with Crippen molar-refractivity contribution in [2.24, 2.45) is 0 Å². The Hall–Kier alpha value is -1.26. The van der Waals surface area contributed by atoms with Crippen LogP contribution in [0, 0.1) is 0 Å². The number of hydrogen-bond acceptors (Lipinski definition) is 2. The van der Waals surface area contributed by atoms with E-state index in [1.165, 1.54) is 11.1 Å². The molecule has 1 heterocycles. The molecule has 0 saturated heterocycles. The highest BCUT2D eigenvalue weighted by atomic mass is 79.9. The van der Waals surface area contributed by atoms with Crippen LogP contribution in [0.4, 0.5) is 0 Å². The van der Waals surface area contributed by atoms with Crippen LogP contribution in [0.15, 0.2) is 41.1 Å². The minimum atomic E-state index is 0.863. The lowest BCUT2D eigenvalue weighted by molar-refractivity contribution is 0.412. The molecule has 0 radical (unpaired) electrons. The predicted octanol–water partition coefficient (Wildman–Crippen LogP) is 3.03. The molecule has 96 valence electrons. The van der Waals surface area contributed by atoms with Crippen molar-refractivity contribution in [1.82, 2.24) is 9.88 Å². The Morgan fingerprint density at radius 2 is 2.11 bits per heavy atom. The molecular weight excluding hydrogens is 292 g/mol. The highest BCUT2D eigenvalue weighted by molar-refractivity contribution is 9.10. The van der Waals surface area contributed by atoms with Gasteiger partial charge in [-0.05, 0) is 52.3 Å². The van der Waals surface area contributed by atoms with Gasteiger partial charge in [-0.3, -0.25) is 0 Å². The Balaban J connectivity index is 2.10. The molecule has 0 atom stereocenters. The molecule has 18 heavy (non-hydrogen) atoms. The van der Waals surface area contributed by atoms with Gasteiger partial charge in [-0.15, -0.1) is 0 Å². The van der Waals surface area contributed by atoms with Gasteiger partial charge in [0, 0.05) is 25.5 Å². The van der Waals surface area contributed by atoms with Crippen molar-refractivity contribution in [2.45, 2.75) is 13.1 Å².